The molecule has 28 heavy (non-hydrogen) atoms. The molecular weight excluding hydrogens is 356 g/mol. The number of rotatable bonds is 0. The van der Waals surface area contributed by atoms with Crippen LogP contribution in [0.25, 0.3) is 52.5 Å². The van der Waals surface area contributed by atoms with E-state index in [-0.39, 0.29) is 5.41 Å². The van der Waals surface area contributed by atoms with Crippen LogP contribution in [0.4, 0.5) is 0 Å². The van der Waals surface area contributed by atoms with E-state index >= 15 is 0 Å². The molecule has 0 aliphatic rings. The van der Waals surface area contributed by atoms with E-state index in [0.717, 1.165) is 0 Å². The summed E-state index contributed by atoms with van der Waals surface area (Å²) in [6.45, 7) is 6.85. The third kappa shape index (κ3) is 2.20. The maximum Gasteiger partial charge on any atom is 0.239 e. The first kappa shape index (κ1) is 16.2. The first-order valence-electron chi connectivity index (χ1n) is 9.87. The van der Waals surface area contributed by atoms with Crippen LogP contribution in [-0.4, -0.2) is 0 Å². The van der Waals surface area contributed by atoms with Crippen molar-refractivity contribution in [3.05, 3.63) is 78.4 Å². The highest BCUT2D eigenvalue weighted by Crippen LogP contribution is 2.41. The molecule has 1 heteroatoms. The highest BCUT2D eigenvalue weighted by molar-refractivity contribution is 7.24. The Hall–Kier alpha value is -2.77. The van der Waals surface area contributed by atoms with Gasteiger partial charge in [-0.25, -0.2) is 0 Å². The van der Waals surface area contributed by atoms with Gasteiger partial charge in [-0.2, -0.15) is 0 Å². The summed E-state index contributed by atoms with van der Waals surface area (Å²) in [6.07, 6.45) is 0. The molecule has 0 spiro atoms. The molecule has 0 atom stereocenters. The van der Waals surface area contributed by atoms with Gasteiger partial charge in [-0.15, -0.1) is 0 Å². The van der Waals surface area contributed by atoms with Crippen LogP contribution in [0.2, 0.25) is 0 Å². The largest absolute Gasteiger partial charge is 0.239 e. The lowest BCUT2D eigenvalue weighted by Crippen LogP contribution is -2.10. The minimum Gasteiger partial charge on any atom is -0.0610 e. The molecule has 0 nitrogen and oxygen atoms in total. The molecule has 0 amide bonds. The Labute approximate surface area is 168 Å². The van der Waals surface area contributed by atoms with Crippen molar-refractivity contribution in [3.63, 3.8) is 0 Å². The average Bonchev–Trinajstić information content (AvgIpc) is 2.69. The summed E-state index contributed by atoms with van der Waals surface area (Å²) in [6, 6.07) is 27.5. The molecule has 0 unspecified atom stereocenters. The predicted octanol–water partition coefficient (Wildman–Crippen LogP) is 8.53. The van der Waals surface area contributed by atoms with Crippen molar-refractivity contribution in [1.82, 2.24) is 0 Å². The Balaban J connectivity index is 1.80. The van der Waals surface area contributed by atoms with Crippen molar-refractivity contribution in [3.8, 4) is 0 Å². The van der Waals surface area contributed by atoms with Crippen molar-refractivity contribution >= 4 is 63.8 Å². The molecule has 6 aromatic rings. The lowest BCUT2D eigenvalue weighted by atomic mass is 9.86. The lowest BCUT2D eigenvalue weighted by Gasteiger charge is -2.18. The second-order valence-electron chi connectivity index (χ2n) is 8.89. The van der Waals surface area contributed by atoms with Crippen molar-refractivity contribution in [2.75, 3.05) is 0 Å². The molecule has 0 radical (unpaired) electrons. The minimum atomic E-state index is 0.163. The van der Waals surface area contributed by atoms with Gasteiger partial charge in [-0.1, -0.05) is 69.3 Å². The molecule has 0 saturated carbocycles. The molecule has 1 aromatic heterocycles. The molecule has 0 N–H and O–H groups in total. The Morgan fingerprint density at radius 2 is 1.32 bits per heavy atom. The summed E-state index contributed by atoms with van der Waals surface area (Å²) in [7, 11) is 0. The summed E-state index contributed by atoms with van der Waals surface area (Å²) >= 11 is 1.91. The molecule has 0 fully saturated rings. The fraction of sp³-hybridized carbons (Fsp3) is 0.148. The van der Waals surface area contributed by atoms with Gasteiger partial charge in [0.2, 0.25) is 20.7 Å². The number of benzene rings is 5. The fourth-order valence-electron chi connectivity index (χ4n) is 4.53. The maximum atomic E-state index is 2.41. The van der Waals surface area contributed by atoms with Gasteiger partial charge in [0, 0.05) is 22.9 Å². The van der Waals surface area contributed by atoms with E-state index in [1.165, 1.54) is 58.1 Å². The molecule has 0 aliphatic heterocycles. The quantitative estimate of drug-likeness (QED) is 0.141. The van der Waals surface area contributed by atoms with Crippen LogP contribution in [0.3, 0.4) is 0 Å². The van der Waals surface area contributed by atoms with Crippen molar-refractivity contribution in [2.45, 2.75) is 26.2 Å². The number of hydrogen-bond acceptors (Lipinski definition) is 0. The summed E-state index contributed by atoms with van der Waals surface area (Å²) in [5.74, 6) is 0. The van der Waals surface area contributed by atoms with Crippen LogP contribution in [0.15, 0.2) is 72.8 Å². The van der Waals surface area contributed by atoms with Crippen molar-refractivity contribution in [2.24, 2.45) is 0 Å². The van der Waals surface area contributed by atoms with E-state index in [1.807, 2.05) is 11.3 Å². The summed E-state index contributed by atoms with van der Waals surface area (Å²) in [4.78, 5) is 0. The SMILES string of the molecule is CC(C)(C)c1ccc2[s+]c3cc4ccc5cccc6ccc(c3cc2c1)c4c56. The van der Waals surface area contributed by atoms with Crippen LogP contribution >= 0.6 is 11.3 Å². The van der Waals surface area contributed by atoms with Crippen LogP contribution in [0, 0.1) is 0 Å². The molecule has 0 saturated heterocycles. The zero-order valence-electron chi connectivity index (χ0n) is 16.3. The second kappa shape index (κ2) is 5.40. The molecule has 5 aromatic carbocycles. The van der Waals surface area contributed by atoms with Gasteiger partial charge in [0.15, 0.2) is 0 Å². The van der Waals surface area contributed by atoms with Gasteiger partial charge in [-0.3, -0.25) is 0 Å². The van der Waals surface area contributed by atoms with E-state index in [4.69, 9.17) is 0 Å². The number of fused-ring (bicyclic) bond motifs is 3. The molecule has 6 rings (SSSR count). The topological polar surface area (TPSA) is 0 Å². The van der Waals surface area contributed by atoms with Gasteiger partial charge in [0.25, 0.3) is 0 Å². The van der Waals surface area contributed by atoms with Crippen LogP contribution in [-0.2, 0) is 5.41 Å². The fourth-order valence-corrected chi connectivity index (χ4v) is 5.61. The molecular formula is C27H21S+. The molecule has 0 aliphatic carbocycles. The van der Waals surface area contributed by atoms with Crippen LogP contribution in [0.1, 0.15) is 26.3 Å². The summed E-state index contributed by atoms with van der Waals surface area (Å²) in [5.41, 5.74) is 1.56. The Morgan fingerprint density at radius 1 is 0.571 bits per heavy atom. The highest BCUT2D eigenvalue weighted by atomic mass is 32.1. The Bertz CT molecular complexity index is 1520. The van der Waals surface area contributed by atoms with E-state index in [1.54, 1.807) is 0 Å². The van der Waals surface area contributed by atoms with Crippen molar-refractivity contribution in [1.29, 1.82) is 0 Å². The zero-order valence-corrected chi connectivity index (χ0v) is 17.2. The van der Waals surface area contributed by atoms with E-state index < -0.39 is 0 Å². The standard InChI is InChI=1S/C27H21S/c1-27(2,3)20-10-12-23-19(13-20)14-22-21-11-9-17-6-4-5-16-7-8-18(15-24(22)28-23)26(21)25(16)17/h4-15H,1-3H3/q+1. The maximum absolute atomic E-state index is 2.41. The zero-order chi connectivity index (χ0) is 19.0. The van der Waals surface area contributed by atoms with E-state index in [9.17, 15) is 0 Å². The Morgan fingerprint density at radius 3 is 2.11 bits per heavy atom. The van der Waals surface area contributed by atoms with Gasteiger partial charge in [0.1, 0.15) is 0 Å². The smallest absolute Gasteiger partial charge is 0.0610 e. The predicted molar refractivity (Wildman–Crippen MR) is 126 cm³/mol. The molecule has 0 bridgehead atoms. The second-order valence-corrected chi connectivity index (χ2v) is 9.98. The van der Waals surface area contributed by atoms with Crippen LogP contribution < -0.4 is 0 Å². The first-order chi connectivity index (χ1) is 13.5. The highest BCUT2D eigenvalue weighted by Gasteiger charge is 2.20. The minimum absolute atomic E-state index is 0.163. The van der Waals surface area contributed by atoms with Gasteiger partial charge in [0.05, 0.1) is 0 Å². The summed E-state index contributed by atoms with van der Waals surface area (Å²) < 4.78 is 2.72. The normalized spacial score (nSPS) is 12.8. The van der Waals surface area contributed by atoms with Gasteiger partial charge >= 0.3 is 0 Å². The summed E-state index contributed by atoms with van der Waals surface area (Å²) in [5, 5.41) is 10.9. The van der Waals surface area contributed by atoms with E-state index in [0.29, 0.717) is 0 Å². The molecule has 1 heterocycles. The number of hydrogen-bond donors (Lipinski definition) is 0. The first-order valence-corrected chi connectivity index (χ1v) is 10.7. The van der Waals surface area contributed by atoms with Crippen LogP contribution in [0.5, 0.6) is 0 Å². The van der Waals surface area contributed by atoms with E-state index in [2.05, 4.69) is 93.6 Å². The third-order valence-electron chi connectivity index (χ3n) is 6.05. The Kier molecular flexibility index (Phi) is 3.12. The lowest BCUT2D eigenvalue weighted by molar-refractivity contribution is 0.591. The van der Waals surface area contributed by atoms with Gasteiger partial charge in [-0.05, 0) is 55.4 Å². The molecule has 134 valence electrons. The van der Waals surface area contributed by atoms with Gasteiger partial charge < -0.3 is 0 Å². The third-order valence-corrected chi connectivity index (χ3v) is 7.20. The van der Waals surface area contributed by atoms with Crippen molar-refractivity contribution < 1.29 is 0 Å². The monoisotopic (exact) mass is 377 g/mol. The average molecular weight is 378 g/mol.